The van der Waals surface area contributed by atoms with Crippen molar-refractivity contribution in [1.29, 1.82) is 0 Å². The van der Waals surface area contributed by atoms with E-state index in [1.165, 1.54) is 11.6 Å². The van der Waals surface area contributed by atoms with Gasteiger partial charge in [0.2, 0.25) is 5.03 Å². The van der Waals surface area contributed by atoms with E-state index < -0.39 is 0 Å². The summed E-state index contributed by atoms with van der Waals surface area (Å²) >= 11 is 1.60. The average Bonchev–Trinajstić information content (AvgIpc) is 2.94. The van der Waals surface area contributed by atoms with Crippen LogP contribution in [0.5, 0.6) is 0 Å². The monoisotopic (exact) mass is 371 g/mol. The fraction of sp³-hybridized carbons (Fsp3) is 0.300. The summed E-state index contributed by atoms with van der Waals surface area (Å²) in [5.74, 6) is 0.0677. The normalized spacial score (nSPS) is 19.6. The van der Waals surface area contributed by atoms with Gasteiger partial charge in [-0.05, 0) is 49.1 Å². The first kappa shape index (κ1) is 18.8. The second kappa shape index (κ2) is 8.12. The molecular weight excluding hydrogens is 347 g/mol. The third-order valence-corrected chi connectivity index (χ3v) is 5.51. The quantitative estimate of drug-likeness (QED) is 0.734. The van der Waals surface area contributed by atoms with Gasteiger partial charge in [-0.2, -0.15) is 0 Å². The van der Waals surface area contributed by atoms with E-state index in [4.69, 9.17) is 4.99 Å². The van der Waals surface area contributed by atoms with Crippen molar-refractivity contribution in [3.63, 3.8) is 0 Å². The molecule has 0 spiro atoms. The van der Waals surface area contributed by atoms with Gasteiger partial charge < -0.3 is 0 Å². The van der Waals surface area contributed by atoms with Crippen LogP contribution in [0.15, 0.2) is 69.4 Å². The minimum atomic E-state index is -0.221. The van der Waals surface area contributed by atoms with Crippen molar-refractivity contribution in [2.24, 2.45) is 10.9 Å². The van der Waals surface area contributed by atoms with Gasteiger partial charge in [-0.15, -0.1) is 0 Å². The van der Waals surface area contributed by atoms with Crippen LogP contribution in [-0.2, 0) is 6.54 Å². The third-order valence-electron chi connectivity index (χ3n) is 4.25. The molecule has 0 fully saturated rings. The molecule has 2 aromatic rings. The summed E-state index contributed by atoms with van der Waals surface area (Å²) in [5, 5.41) is 4.44. The van der Waals surface area contributed by atoms with Crippen molar-refractivity contribution >= 4 is 18.1 Å². The molecule has 3 rings (SSSR count). The van der Waals surface area contributed by atoms with Gasteiger partial charge in [0.05, 0.1) is 0 Å². The molecule has 0 radical (unpaired) electrons. The summed E-state index contributed by atoms with van der Waals surface area (Å²) in [5.41, 5.74) is 2.24. The Morgan fingerprint density at radius 3 is 2.62 bits per heavy atom. The highest BCUT2D eigenvalue weighted by Gasteiger charge is 2.40. The van der Waals surface area contributed by atoms with Crippen LogP contribution in [0.2, 0.25) is 0 Å². The second-order valence-electron chi connectivity index (χ2n) is 6.71. The second-order valence-corrected chi connectivity index (χ2v) is 7.77. The van der Waals surface area contributed by atoms with Crippen molar-refractivity contribution in [2.75, 3.05) is 13.7 Å². The molecule has 4 nitrogen and oxygen atoms in total. The first-order chi connectivity index (χ1) is 12.5. The van der Waals surface area contributed by atoms with Crippen molar-refractivity contribution in [2.45, 2.75) is 25.3 Å². The molecule has 1 atom stereocenters. The number of aromatic nitrogens is 1. The molecule has 0 saturated carbocycles. The largest absolute Gasteiger partial charge is 0.273 e. The van der Waals surface area contributed by atoms with Crippen LogP contribution in [-0.4, -0.2) is 29.5 Å². The van der Waals surface area contributed by atoms with Crippen LogP contribution in [0.3, 0.4) is 0 Å². The lowest BCUT2D eigenvalue weighted by Gasteiger charge is -2.32. The van der Waals surface area contributed by atoms with Crippen LogP contribution in [0.4, 0.5) is 4.39 Å². The fourth-order valence-electron chi connectivity index (χ4n) is 3.07. The Hall–Kier alpha value is -2.02. The van der Waals surface area contributed by atoms with Crippen LogP contribution in [0, 0.1) is 11.7 Å². The van der Waals surface area contributed by atoms with Crippen LogP contribution in [0.25, 0.3) is 0 Å². The molecule has 1 unspecified atom stereocenters. The summed E-state index contributed by atoms with van der Waals surface area (Å²) in [6, 6.07) is 10.8. The third kappa shape index (κ3) is 4.03. The molecule has 1 aliphatic rings. The Labute approximate surface area is 158 Å². The summed E-state index contributed by atoms with van der Waals surface area (Å²) in [7, 11) is 1.94. The SMILES string of the molecule is CNC[N+]1(Cc2ccncc2)C=NC(C(C)C)=C1Sc1cccc(F)c1. The van der Waals surface area contributed by atoms with Crippen molar-refractivity contribution < 1.29 is 8.87 Å². The molecule has 1 aromatic heterocycles. The predicted molar refractivity (Wildman–Crippen MR) is 105 cm³/mol. The molecule has 0 saturated heterocycles. The first-order valence-corrected chi connectivity index (χ1v) is 9.49. The highest BCUT2D eigenvalue weighted by Crippen LogP contribution is 2.42. The molecule has 0 bridgehead atoms. The van der Waals surface area contributed by atoms with Crippen molar-refractivity contribution in [1.82, 2.24) is 10.3 Å². The minimum Gasteiger partial charge on any atom is -0.273 e. The molecule has 26 heavy (non-hydrogen) atoms. The maximum absolute atomic E-state index is 13.7. The van der Waals surface area contributed by atoms with Gasteiger partial charge in [0.25, 0.3) is 0 Å². The van der Waals surface area contributed by atoms with Gasteiger partial charge in [-0.1, -0.05) is 19.9 Å². The Balaban J connectivity index is 2.02. The van der Waals surface area contributed by atoms with E-state index in [2.05, 4.69) is 24.1 Å². The standard InChI is InChI=1S/C20H24FN4S/c1-15(2)19-20(26-18-6-4-5-17(21)11-18)25(13-22-3,14-24-19)12-16-7-9-23-10-8-16/h4-11,14-15,22H,12-13H2,1-3H3/q+1. The van der Waals surface area contributed by atoms with Gasteiger partial charge in [0, 0.05) is 28.8 Å². The summed E-state index contributed by atoms with van der Waals surface area (Å²) < 4.78 is 14.3. The van der Waals surface area contributed by atoms with E-state index in [0.29, 0.717) is 11.2 Å². The maximum Gasteiger partial charge on any atom is 0.201 e. The molecule has 1 aromatic carbocycles. The molecule has 0 aliphatic carbocycles. The molecule has 2 heterocycles. The van der Waals surface area contributed by atoms with Gasteiger partial charge >= 0.3 is 0 Å². The minimum absolute atomic E-state index is 0.221. The molecule has 1 aliphatic heterocycles. The number of rotatable bonds is 7. The van der Waals surface area contributed by atoms with E-state index >= 15 is 0 Å². The molecule has 6 heteroatoms. The Morgan fingerprint density at radius 1 is 1.19 bits per heavy atom. The lowest BCUT2D eigenvalue weighted by atomic mass is 10.1. The van der Waals surface area contributed by atoms with E-state index in [-0.39, 0.29) is 11.7 Å². The smallest absolute Gasteiger partial charge is 0.201 e. The van der Waals surface area contributed by atoms with E-state index in [0.717, 1.165) is 22.2 Å². The van der Waals surface area contributed by atoms with Gasteiger partial charge in [0.15, 0.2) is 6.34 Å². The Morgan fingerprint density at radius 2 is 1.96 bits per heavy atom. The number of aliphatic imine (C=N–C) groups is 1. The average molecular weight is 372 g/mol. The van der Waals surface area contributed by atoms with Crippen LogP contribution >= 0.6 is 11.8 Å². The highest BCUT2D eigenvalue weighted by atomic mass is 32.2. The number of quaternary nitrogens is 1. The predicted octanol–water partition coefficient (Wildman–Crippen LogP) is 4.37. The zero-order valence-corrected chi connectivity index (χ0v) is 16.1. The number of halogens is 1. The fourth-order valence-corrected chi connectivity index (χ4v) is 4.36. The zero-order valence-electron chi connectivity index (χ0n) is 15.3. The van der Waals surface area contributed by atoms with Crippen molar-refractivity contribution in [3.8, 4) is 0 Å². The molecular formula is C20H24FN4S+. The van der Waals surface area contributed by atoms with Crippen LogP contribution in [0.1, 0.15) is 19.4 Å². The first-order valence-electron chi connectivity index (χ1n) is 8.68. The topological polar surface area (TPSA) is 37.3 Å². The number of pyridine rings is 1. The highest BCUT2D eigenvalue weighted by molar-refractivity contribution is 8.02. The van der Waals surface area contributed by atoms with Crippen molar-refractivity contribution in [3.05, 3.63) is 70.9 Å². The number of nitrogens with zero attached hydrogens (tertiary/aromatic N) is 3. The number of allylic oxidation sites excluding steroid dienone is 1. The van der Waals surface area contributed by atoms with Crippen LogP contribution < -0.4 is 5.32 Å². The number of hydrogen-bond donors (Lipinski definition) is 1. The van der Waals surface area contributed by atoms with E-state index in [1.807, 2.05) is 44.0 Å². The Bertz CT molecular complexity index is 820. The summed E-state index contributed by atoms with van der Waals surface area (Å²) in [4.78, 5) is 9.76. The lowest BCUT2D eigenvalue weighted by molar-refractivity contribution is -0.802. The van der Waals surface area contributed by atoms with Gasteiger partial charge in [-0.3, -0.25) is 10.3 Å². The molecule has 1 N–H and O–H groups in total. The number of nitrogens with one attached hydrogen (secondary N) is 1. The summed E-state index contributed by atoms with van der Waals surface area (Å²) in [6.07, 6.45) is 5.63. The molecule has 136 valence electrons. The van der Waals surface area contributed by atoms with E-state index in [9.17, 15) is 4.39 Å². The maximum atomic E-state index is 13.7. The number of thioether (sulfide) groups is 1. The van der Waals surface area contributed by atoms with Gasteiger partial charge in [-0.25, -0.2) is 13.9 Å². The van der Waals surface area contributed by atoms with Gasteiger partial charge in [0.1, 0.15) is 24.7 Å². The number of hydrogen-bond acceptors (Lipinski definition) is 4. The summed E-state index contributed by atoms with van der Waals surface area (Å²) in [6.45, 7) is 5.76. The zero-order chi connectivity index (χ0) is 18.6. The lowest BCUT2D eigenvalue weighted by Crippen LogP contribution is -2.48. The number of benzene rings is 1. The molecule has 0 amide bonds. The Kier molecular flexibility index (Phi) is 5.86. The van der Waals surface area contributed by atoms with E-state index in [1.54, 1.807) is 23.9 Å².